The molecule has 0 saturated carbocycles. The minimum atomic E-state index is -1.78. The summed E-state index contributed by atoms with van der Waals surface area (Å²) in [5, 5.41) is 4.08. The van der Waals surface area contributed by atoms with Crippen molar-refractivity contribution in [3.05, 3.63) is 80.8 Å². The number of ether oxygens (including phenoxy) is 1. The van der Waals surface area contributed by atoms with Gasteiger partial charge in [0.2, 0.25) is 0 Å². The first-order valence-corrected chi connectivity index (χ1v) is 12.4. The van der Waals surface area contributed by atoms with Crippen molar-refractivity contribution in [3.63, 3.8) is 0 Å². The number of para-hydroxylation sites is 1. The Balaban J connectivity index is 1.62. The molecule has 5 rings (SSSR count). The molecule has 3 heterocycles. The lowest BCUT2D eigenvalue weighted by Crippen LogP contribution is -2.32. The van der Waals surface area contributed by atoms with Crippen LogP contribution in [0.4, 0.5) is 4.39 Å². The van der Waals surface area contributed by atoms with E-state index in [4.69, 9.17) is 27.9 Å². The smallest absolute Gasteiger partial charge is 0.262 e. The molecule has 1 N–H and O–H groups in total. The lowest BCUT2D eigenvalue weighted by Gasteiger charge is -2.27. The van der Waals surface area contributed by atoms with Crippen LogP contribution in [0.2, 0.25) is 10.0 Å². The highest BCUT2D eigenvalue weighted by atomic mass is 35.5. The van der Waals surface area contributed by atoms with Gasteiger partial charge in [0.05, 0.1) is 22.9 Å². The van der Waals surface area contributed by atoms with Crippen LogP contribution in [0.15, 0.2) is 54.7 Å². The SMILES string of the molecule is CC(C)(F)c1c(C(=O)N[C@H]2CCOc3ccccc32)sc2c(-c3cc(Cl)cc(Cl)c3)ccnc12. The van der Waals surface area contributed by atoms with E-state index in [1.165, 1.54) is 25.2 Å². The summed E-state index contributed by atoms with van der Waals surface area (Å²) in [6.07, 6.45) is 2.25. The zero-order valence-electron chi connectivity index (χ0n) is 18.5. The van der Waals surface area contributed by atoms with Gasteiger partial charge in [0.15, 0.2) is 0 Å². The highest BCUT2D eigenvalue weighted by molar-refractivity contribution is 7.21. The number of hydrogen-bond donors (Lipinski definition) is 1. The molecule has 0 spiro atoms. The second kappa shape index (κ2) is 8.84. The van der Waals surface area contributed by atoms with Crippen molar-refractivity contribution in [1.82, 2.24) is 10.3 Å². The van der Waals surface area contributed by atoms with Crippen LogP contribution in [0.5, 0.6) is 5.75 Å². The summed E-state index contributed by atoms with van der Waals surface area (Å²) < 4.78 is 21.9. The quantitative estimate of drug-likeness (QED) is 0.303. The van der Waals surface area contributed by atoms with Crippen molar-refractivity contribution < 1.29 is 13.9 Å². The molecule has 0 saturated heterocycles. The van der Waals surface area contributed by atoms with Crippen molar-refractivity contribution in [2.75, 3.05) is 6.61 Å². The van der Waals surface area contributed by atoms with Gasteiger partial charge in [0.25, 0.3) is 5.91 Å². The number of amides is 1. The van der Waals surface area contributed by atoms with Crippen molar-refractivity contribution in [2.45, 2.75) is 32.0 Å². The Morgan fingerprint density at radius 2 is 1.91 bits per heavy atom. The summed E-state index contributed by atoms with van der Waals surface area (Å²) >= 11 is 13.7. The number of nitrogens with one attached hydrogen (secondary N) is 1. The number of thiophene rings is 1. The number of hydrogen-bond acceptors (Lipinski definition) is 4. The monoisotopic (exact) mass is 514 g/mol. The minimum absolute atomic E-state index is 0.225. The topological polar surface area (TPSA) is 51.2 Å². The first kappa shape index (κ1) is 23.1. The lowest BCUT2D eigenvalue weighted by molar-refractivity contribution is 0.0922. The van der Waals surface area contributed by atoms with E-state index in [0.717, 1.165) is 22.4 Å². The maximum Gasteiger partial charge on any atom is 0.262 e. The Labute approximate surface area is 210 Å². The summed E-state index contributed by atoms with van der Waals surface area (Å²) in [7, 11) is 0. The van der Waals surface area contributed by atoms with Gasteiger partial charge in [0.1, 0.15) is 16.3 Å². The van der Waals surface area contributed by atoms with Gasteiger partial charge in [-0.2, -0.15) is 0 Å². The Morgan fingerprint density at radius 3 is 2.65 bits per heavy atom. The number of carbonyl (C=O) groups is 1. The van der Waals surface area contributed by atoms with Crippen molar-refractivity contribution >= 4 is 50.7 Å². The first-order valence-electron chi connectivity index (χ1n) is 10.8. The van der Waals surface area contributed by atoms with Gasteiger partial charge in [-0.25, -0.2) is 4.39 Å². The number of fused-ring (bicyclic) bond motifs is 2. The number of nitrogens with zero attached hydrogens (tertiary/aromatic N) is 1. The van der Waals surface area contributed by atoms with E-state index in [-0.39, 0.29) is 17.5 Å². The number of pyridine rings is 1. The summed E-state index contributed by atoms with van der Waals surface area (Å²) in [5.74, 6) is 0.420. The van der Waals surface area contributed by atoms with Gasteiger partial charge >= 0.3 is 0 Å². The van der Waals surface area contributed by atoms with E-state index >= 15 is 4.39 Å². The molecule has 8 heteroatoms. The number of aromatic nitrogens is 1. The molecule has 0 fully saturated rings. The lowest BCUT2D eigenvalue weighted by atomic mass is 9.96. The van der Waals surface area contributed by atoms with E-state index in [1.54, 1.807) is 24.4 Å². The second-order valence-corrected chi connectivity index (χ2v) is 10.6. The molecule has 2 aromatic heterocycles. The van der Waals surface area contributed by atoms with Crippen LogP contribution in [0.3, 0.4) is 0 Å². The predicted molar refractivity (Wildman–Crippen MR) is 136 cm³/mol. The van der Waals surface area contributed by atoms with Crippen LogP contribution in [0.25, 0.3) is 21.3 Å². The summed E-state index contributed by atoms with van der Waals surface area (Å²) in [6.45, 7) is 3.39. The number of halogens is 3. The molecule has 0 radical (unpaired) electrons. The summed E-state index contributed by atoms with van der Waals surface area (Å²) in [6, 6.07) is 14.5. The van der Waals surface area contributed by atoms with Gasteiger partial charge in [-0.15, -0.1) is 11.3 Å². The van der Waals surface area contributed by atoms with Crippen LogP contribution in [-0.2, 0) is 5.67 Å². The van der Waals surface area contributed by atoms with E-state index in [1.807, 2.05) is 30.3 Å². The zero-order chi connectivity index (χ0) is 24.0. The summed E-state index contributed by atoms with van der Waals surface area (Å²) in [4.78, 5) is 18.3. The first-order chi connectivity index (χ1) is 16.2. The average Bonchev–Trinajstić information content (AvgIpc) is 3.19. The van der Waals surface area contributed by atoms with Crippen molar-refractivity contribution in [3.8, 4) is 16.9 Å². The minimum Gasteiger partial charge on any atom is -0.493 e. The molecule has 0 unspecified atom stereocenters. The van der Waals surface area contributed by atoms with E-state index in [0.29, 0.717) is 38.2 Å². The third-order valence-electron chi connectivity index (χ3n) is 5.81. The second-order valence-electron chi connectivity index (χ2n) is 8.67. The van der Waals surface area contributed by atoms with Crippen LogP contribution in [-0.4, -0.2) is 17.5 Å². The molecule has 1 atom stereocenters. The maximum absolute atomic E-state index is 15.5. The fraction of sp³-hybridized carbons (Fsp3) is 0.231. The predicted octanol–water partition coefficient (Wildman–Crippen LogP) is 7.73. The molecule has 2 aromatic carbocycles. The van der Waals surface area contributed by atoms with Crippen LogP contribution < -0.4 is 10.1 Å². The highest BCUT2D eigenvalue weighted by Crippen LogP contribution is 2.44. The largest absolute Gasteiger partial charge is 0.493 e. The molecule has 174 valence electrons. The molecule has 4 aromatic rings. The highest BCUT2D eigenvalue weighted by Gasteiger charge is 2.34. The number of carbonyl (C=O) groups excluding carboxylic acids is 1. The molecule has 0 aliphatic carbocycles. The molecule has 0 bridgehead atoms. The normalized spacial score (nSPS) is 15.6. The van der Waals surface area contributed by atoms with E-state index < -0.39 is 5.67 Å². The Bertz CT molecular complexity index is 1390. The van der Waals surface area contributed by atoms with Crippen LogP contribution >= 0.6 is 34.5 Å². The van der Waals surface area contributed by atoms with Gasteiger partial charge in [-0.3, -0.25) is 9.78 Å². The molecule has 34 heavy (non-hydrogen) atoms. The molecule has 4 nitrogen and oxygen atoms in total. The fourth-order valence-electron chi connectivity index (χ4n) is 4.35. The number of rotatable bonds is 4. The molecular formula is C26H21Cl2FN2O2S. The third-order valence-corrected chi connectivity index (χ3v) is 7.46. The maximum atomic E-state index is 15.5. The zero-order valence-corrected chi connectivity index (χ0v) is 20.8. The molecule has 1 aliphatic rings. The Morgan fingerprint density at radius 1 is 1.18 bits per heavy atom. The van der Waals surface area contributed by atoms with Gasteiger partial charge in [-0.05, 0) is 49.7 Å². The van der Waals surface area contributed by atoms with Gasteiger partial charge in [0, 0.05) is 39.4 Å². The van der Waals surface area contributed by atoms with Crippen LogP contribution in [0, 0.1) is 0 Å². The Hall–Kier alpha value is -2.67. The third kappa shape index (κ3) is 4.26. The van der Waals surface area contributed by atoms with Crippen LogP contribution in [0.1, 0.15) is 47.1 Å². The molecular weight excluding hydrogens is 494 g/mol. The standard InChI is InChI=1S/C26H21Cl2FN2O2S/c1-26(2,29)21-22-23(17(7-9-30-22)14-11-15(27)13-16(28)12-14)34-24(21)25(32)31-19-8-10-33-20-6-4-3-5-18(19)20/h3-7,9,11-13,19H,8,10H2,1-2H3,(H,31,32)/t19-/m0/s1. The van der Waals surface area contributed by atoms with E-state index in [2.05, 4.69) is 10.3 Å². The van der Waals surface area contributed by atoms with Gasteiger partial charge in [-0.1, -0.05) is 41.4 Å². The Kier molecular flexibility index (Phi) is 6.00. The number of benzene rings is 2. The average molecular weight is 515 g/mol. The van der Waals surface area contributed by atoms with Gasteiger partial charge < -0.3 is 10.1 Å². The fourth-order valence-corrected chi connectivity index (χ4v) is 6.22. The van der Waals surface area contributed by atoms with Crippen molar-refractivity contribution in [2.24, 2.45) is 0 Å². The number of alkyl halides is 1. The molecule has 1 amide bonds. The molecule has 1 aliphatic heterocycles. The van der Waals surface area contributed by atoms with E-state index in [9.17, 15) is 4.79 Å². The summed E-state index contributed by atoms with van der Waals surface area (Å²) in [5.41, 5.74) is 1.44. The van der Waals surface area contributed by atoms with Crippen molar-refractivity contribution in [1.29, 1.82) is 0 Å².